The molecule has 2 rings (SSSR count). The Morgan fingerprint density at radius 2 is 1.94 bits per heavy atom. The van der Waals surface area contributed by atoms with E-state index in [0.717, 1.165) is 12.8 Å². The smallest absolute Gasteiger partial charge is 0.303 e. The maximum absolute atomic E-state index is 10.8. The summed E-state index contributed by atoms with van der Waals surface area (Å²) in [5.74, 6) is 0.265. The summed E-state index contributed by atoms with van der Waals surface area (Å²) in [6.07, 6.45) is 6.07. The summed E-state index contributed by atoms with van der Waals surface area (Å²) in [5, 5.41) is 0. The van der Waals surface area contributed by atoms with Gasteiger partial charge in [-0.15, -0.1) is 0 Å². The standard InChI is InChI=1S/C14H16O2/c1-11(15)16-14-9-7-13(8-10-14)12-5-3-2-4-6-12/h2-7,9,13-14H,8,10H2,1H3/t13-,14-/m1/s1. The Morgan fingerprint density at radius 3 is 2.50 bits per heavy atom. The molecule has 0 aromatic heterocycles. The van der Waals surface area contributed by atoms with Crippen LogP contribution in [0, 0.1) is 0 Å². The van der Waals surface area contributed by atoms with Gasteiger partial charge in [-0.05, 0) is 24.5 Å². The molecule has 0 fully saturated rings. The van der Waals surface area contributed by atoms with E-state index in [4.69, 9.17) is 4.74 Å². The van der Waals surface area contributed by atoms with Crippen molar-refractivity contribution in [3.63, 3.8) is 0 Å². The lowest BCUT2D eigenvalue weighted by Gasteiger charge is -2.22. The van der Waals surface area contributed by atoms with Crippen LogP contribution >= 0.6 is 0 Å². The van der Waals surface area contributed by atoms with Crippen molar-refractivity contribution in [3.8, 4) is 0 Å². The van der Waals surface area contributed by atoms with Crippen LogP contribution in [0.5, 0.6) is 0 Å². The Balaban J connectivity index is 2.00. The van der Waals surface area contributed by atoms with Crippen LogP contribution in [0.2, 0.25) is 0 Å². The minimum Gasteiger partial charge on any atom is -0.458 e. The third-order valence-electron chi connectivity index (χ3n) is 2.87. The maximum atomic E-state index is 10.8. The highest BCUT2D eigenvalue weighted by Crippen LogP contribution is 2.28. The van der Waals surface area contributed by atoms with Crippen LogP contribution in [0.1, 0.15) is 31.2 Å². The first-order chi connectivity index (χ1) is 7.75. The van der Waals surface area contributed by atoms with Crippen molar-refractivity contribution in [2.24, 2.45) is 0 Å². The second kappa shape index (κ2) is 4.97. The van der Waals surface area contributed by atoms with Crippen LogP contribution in [0.3, 0.4) is 0 Å². The predicted octanol–water partition coefficient (Wildman–Crippen LogP) is 3.05. The molecule has 1 aliphatic rings. The summed E-state index contributed by atoms with van der Waals surface area (Å²) in [4.78, 5) is 10.8. The van der Waals surface area contributed by atoms with Gasteiger partial charge in [-0.3, -0.25) is 4.79 Å². The summed E-state index contributed by atoms with van der Waals surface area (Å²) >= 11 is 0. The van der Waals surface area contributed by atoms with Gasteiger partial charge in [0.05, 0.1) is 0 Å². The van der Waals surface area contributed by atoms with E-state index in [-0.39, 0.29) is 12.1 Å². The third kappa shape index (κ3) is 2.72. The largest absolute Gasteiger partial charge is 0.458 e. The van der Waals surface area contributed by atoms with Gasteiger partial charge in [-0.25, -0.2) is 0 Å². The SMILES string of the molecule is CC(=O)O[C@@H]1C=C[C@@H](c2ccccc2)CC1. The number of rotatable bonds is 2. The summed E-state index contributed by atoms with van der Waals surface area (Å²) < 4.78 is 5.15. The molecule has 0 aliphatic heterocycles. The van der Waals surface area contributed by atoms with Crippen molar-refractivity contribution < 1.29 is 9.53 Å². The fourth-order valence-corrected chi connectivity index (χ4v) is 2.08. The molecular formula is C14H16O2. The maximum Gasteiger partial charge on any atom is 0.303 e. The summed E-state index contributed by atoms with van der Waals surface area (Å²) in [5.41, 5.74) is 1.33. The number of esters is 1. The monoisotopic (exact) mass is 216 g/mol. The van der Waals surface area contributed by atoms with Crippen molar-refractivity contribution in [1.29, 1.82) is 0 Å². The van der Waals surface area contributed by atoms with E-state index in [2.05, 4.69) is 30.3 Å². The molecule has 0 saturated carbocycles. The average molecular weight is 216 g/mol. The summed E-state index contributed by atoms with van der Waals surface area (Å²) in [6.45, 7) is 1.46. The summed E-state index contributed by atoms with van der Waals surface area (Å²) in [6, 6.07) is 10.4. The van der Waals surface area contributed by atoms with E-state index in [1.165, 1.54) is 12.5 Å². The molecule has 1 aromatic rings. The zero-order valence-corrected chi connectivity index (χ0v) is 9.43. The molecule has 0 bridgehead atoms. The van der Waals surface area contributed by atoms with Gasteiger partial charge in [-0.2, -0.15) is 0 Å². The van der Waals surface area contributed by atoms with E-state index in [1.54, 1.807) is 0 Å². The molecule has 2 nitrogen and oxygen atoms in total. The number of carbonyl (C=O) groups excluding carboxylic acids is 1. The molecule has 0 amide bonds. The first-order valence-corrected chi connectivity index (χ1v) is 5.66. The number of carbonyl (C=O) groups is 1. The lowest BCUT2D eigenvalue weighted by Crippen LogP contribution is -2.18. The number of hydrogen-bond acceptors (Lipinski definition) is 2. The van der Waals surface area contributed by atoms with Crippen LogP contribution in [-0.4, -0.2) is 12.1 Å². The number of hydrogen-bond donors (Lipinski definition) is 0. The second-order valence-corrected chi connectivity index (χ2v) is 4.13. The Labute approximate surface area is 95.9 Å². The Morgan fingerprint density at radius 1 is 1.19 bits per heavy atom. The lowest BCUT2D eigenvalue weighted by atomic mass is 9.88. The van der Waals surface area contributed by atoms with Gasteiger partial charge >= 0.3 is 5.97 Å². The van der Waals surface area contributed by atoms with Gasteiger partial charge in [0.2, 0.25) is 0 Å². The number of allylic oxidation sites excluding steroid dienone is 1. The Hall–Kier alpha value is -1.57. The fourth-order valence-electron chi connectivity index (χ4n) is 2.08. The van der Waals surface area contributed by atoms with Gasteiger partial charge in [0.15, 0.2) is 0 Å². The van der Waals surface area contributed by atoms with E-state index in [0.29, 0.717) is 5.92 Å². The minimum absolute atomic E-state index is 0.0301. The summed E-state index contributed by atoms with van der Waals surface area (Å²) in [7, 11) is 0. The average Bonchev–Trinajstić information content (AvgIpc) is 2.30. The van der Waals surface area contributed by atoms with Crippen LogP contribution in [0.4, 0.5) is 0 Å². The van der Waals surface area contributed by atoms with Crippen LogP contribution in [0.25, 0.3) is 0 Å². The molecule has 0 spiro atoms. The minimum atomic E-state index is -0.201. The highest BCUT2D eigenvalue weighted by Gasteiger charge is 2.18. The van der Waals surface area contributed by atoms with Gasteiger partial charge in [0, 0.05) is 12.8 Å². The first-order valence-electron chi connectivity index (χ1n) is 5.66. The van der Waals surface area contributed by atoms with Gasteiger partial charge in [-0.1, -0.05) is 36.4 Å². The number of benzene rings is 1. The van der Waals surface area contributed by atoms with Crippen molar-refractivity contribution in [3.05, 3.63) is 48.0 Å². The molecule has 2 heteroatoms. The third-order valence-corrected chi connectivity index (χ3v) is 2.87. The van der Waals surface area contributed by atoms with E-state index in [9.17, 15) is 4.79 Å². The zero-order valence-electron chi connectivity index (χ0n) is 9.43. The van der Waals surface area contributed by atoms with Gasteiger partial charge in [0.25, 0.3) is 0 Å². The van der Waals surface area contributed by atoms with Crippen LogP contribution in [-0.2, 0) is 9.53 Å². The molecule has 2 atom stereocenters. The predicted molar refractivity (Wildman–Crippen MR) is 63.1 cm³/mol. The molecule has 0 N–H and O–H groups in total. The zero-order chi connectivity index (χ0) is 11.4. The second-order valence-electron chi connectivity index (χ2n) is 4.13. The molecule has 0 unspecified atom stereocenters. The van der Waals surface area contributed by atoms with Gasteiger partial charge in [0.1, 0.15) is 6.10 Å². The molecule has 0 saturated heterocycles. The molecule has 16 heavy (non-hydrogen) atoms. The molecular weight excluding hydrogens is 200 g/mol. The van der Waals surface area contributed by atoms with E-state index < -0.39 is 0 Å². The number of ether oxygens (including phenoxy) is 1. The molecule has 0 heterocycles. The van der Waals surface area contributed by atoms with Gasteiger partial charge < -0.3 is 4.74 Å². The Bertz CT molecular complexity index is 381. The van der Waals surface area contributed by atoms with Crippen molar-refractivity contribution in [1.82, 2.24) is 0 Å². The van der Waals surface area contributed by atoms with Crippen molar-refractivity contribution in [2.75, 3.05) is 0 Å². The van der Waals surface area contributed by atoms with E-state index >= 15 is 0 Å². The highest BCUT2D eigenvalue weighted by atomic mass is 16.5. The quantitative estimate of drug-likeness (QED) is 0.561. The lowest BCUT2D eigenvalue weighted by molar-refractivity contribution is -0.144. The van der Waals surface area contributed by atoms with Crippen molar-refractivity contribution >= 4 is 5.97 Å². The molecule has 1 aliphatic carbocycles. The van der Waals surface area contributed by atoms with E-state index in [1.807, 2.05) is 12.1 Å². The van der Waals surface area contributed by atoms with Crippen LogP contribution < -0.4 is 0 Å². The van der Waals surface area contributed by atoms with Crippen molar-refractivity contribution in [2.45, 2.75) is 31.8 Å². The van der Waals surface area contributed by atoms with Crippen LogP contribution in [0.15, 0.2) is 42.5 Å². The topological polar surface area (TPSA) is 26.3 Å². The normalized spacial score (nSPS) is 24.1. The molecule has 84 valence electrons. The Kier molecular flexibility index (Phi) is 3.40. The molecule has 0 radical (unpaired) electrons. The fraction of sp³-hybridized carbons (Fsp3) is 0.357. The molecule has 1 aromatic carbocycles. The highest BCUT2D eigenvalue weighted by molar-refractivity contribution is 5.66. The first kappa shape index (κ1) is 10.9.